The van der Waals surface area contributed by atoms with Crippen molar-refractivity contribution in [1.29, 1.82) is 0 Å². The van der Waals surface area contributed by atoms with Crippen molar-refractivity contribution < 1.29 is 17.1 Å². The number of aromatic amines is 1. The molecule has 16 heavy (non-hydrogen) atoms. The van der Waals surface area contributed by atoms with E-state index in [9.17, 15) is 0 Å². The Morgan fingerprint density at radius 2 is 1.75 bits per heavy atom. The summed E-state index contributed by atoms with van der Waals surface area (Å²) in [5, 5.41) is 10.2. The topological polar surface area (TPSA) is 67.3 Å². The molecule has 2 aromatic rings. The van der Waals surface area contributed by atoms with Crippen LogP contribution in [0.25, 0.3) is 0 Å². The molecule has 1 radical (unpaired) electrons. The molecule has 0 fully saturated rings. The van der Waals surface area contributed by atoms with Gasteiger partial charge in [-0.25, -0.2) is 9.97 Å². The van der Waals surface area contributed by atoms with Gasteiger partial charge < -0.3 is 0 Å². The quantitative estimate of drug-likeness (QED) is 0.737. The van der Waals surface area contributed by atoms with Crippen LogP contribution in [0.3, 0.4) is 0 Å². The Bertz CT molecular complexity index is 328. The van der Waals surface area contributed by atoms with Gasteiger partial charge in [0.15, 0.2) is 0 Å². The average Bonchev–Trinajstić information content (AvgIpc) is 2.73. The standard InChI is InChI=1S/C6H11N3.C4H4N2.Cu/c1-6(2,3)5-4-7-9-8-5;1-2-5-4-6-3-1;/h4H,1-3H3,(H,7,8,9);1-4H;. The van der Waals surface area contributed by atoms with E-state index in [0.29, 0.717) is 0 Å². The molecule has 5 nitrogen and oxygen atoms in total. The first-order chi connectivity index (χ1) is 7.11. The van der Waals surface area contributed by atoms with Crippen molar-refractivity contribution in [3.05, 3.63) is 36.7 Å². The molecule has 91 valence electrons. The molecule has 0 aliphatic rings. The Morgan fingerprint density at radius 3 is 1.94 bits per heavy atom. The van der Waals surface area contributed by atoms with Crippen LogP contribution in [0.2, 0.25) is 0 Å². The zero-order valence-corrected chi connectivity index (χ0v) is 10.4. The molecule has 0 saturated carbocycles. The molecular formula is C10H15CuN5. The maximum atomic E-state index is 3.88. The fourth-order valence-corrected chi connectivity index (χ4v) is 0.821. The van der Waals surface area contributed by atoms with E-state index in [0.717, 1.165) is 5.69 Å². The molecule has 2 aromatic heterocycles. The van der Waals surface area contributed by atoms with Crippen LogP contribution in [0.15, 0.2) is 31.0 Å². The minimum atomic E-state index is 0. The van der Waals surface area contributed by atoms with Gasteiger partial charge in [-0.05, 0) is 6.07 Å². The van der Waals surface area contributed by atoms with Gasteiger partial charge in [0, 0.05) is 41.1 Å². The van der Waals surface area contributed by atoms with Crippen LogP contribution < -0.4 is 0 Å². The van der Waals surface area contributed by atoms with Crippen molar-refractivity contribution in [1.82, 2.24) is 25.4 Å². The van der Waals surface area contributed by atoms with Crippen LogP contribution in [-0.2, 0) is 22.5 Å². The van der Waals surface area contributed by atoms with Gasteiger partial charge in [-0.2, -0.15) is 0 Å². The third-order valence-corrected chi connectivity index (χ3v) is 1.66. The summed E-state index contributed by atoms with van der Waals surface area (Å²) >= 11 is 0. The van der Waals surface area contributed by atoms with E-state index in [2.05, 4.69) is 46.1 Å². The molecule has 0 unspecified atom stereocenters. The van der Waals surface area contributed by atoms with Crippen LogP contribution in [-0.4, -0.2) is 25.4 Å². The molecule has 2 rings (SSSR count). The second-order valence-electron chi connectivity index (χ2n) is 4.01. The molecule has 0 amide bonds. The molecule has 0 aliphatic carbocycles. The first-order valence-corrected chi connectivity index (χ1v) is 4.67. The third-order valence-electron chi connectivity index (χ3n) is 1.66. The van der Waals surface area contributed by atoms with Gasteiger partial charge in [0.25, 0.3) is 0 Å². The van der Waals surface area contributed by atoms with Gasteiger partial charge in [0.1, 0.15) is 6.33 Å². The second-order valence-corrected chi connectivity index (χ2v) is 4.01. The number of nitrogens with zero attached hydrogens (tertiary/aromatic N) is 4. The summed E-state index contributed by atoms with van der Waals surface area (Å²) in [6.07, 6.45) is 6.69. The normalized spacial score (nSPS) is 9.69. The Kier molecular flexibility index (Phi) is 6.53. The first-order valence-electron chi connectivity index (χ1n) is 4.67. The number of H-pyrrole nitrogens is 1. The van der Waals surface area contributed by atoms with E-state index in [1.165, 1.54) is 6.33 Å². The Morgan fingerprint density at radius 1 is 1.12 bits per heavy atom. The number of hydrogen-bond donors (Lipinski definition) is 1. The van der Waals surface area contributed by atoms with Crippen molar-refractivity contribution in [3.8, 4) is 0 Å². The maximum Gasteiger partial charge on any atom is 0.115 e. The number of hydrogen-bond acceptors (Lipinski definition) is 4. The summed E-state index contributed by atoms with van der Waals surface area (Å²) in [6, 6.07) is 1.78. The Hall–Kier alpha value is -1.26. The van der Waals surface area contributed by atoms with E-state index in [1.54, 1.807) is 18.5 Å². The van der Waals surface area contributed by atoms with E-state index >= 15 is 0 Å². The van der Waals surface area contributed by atoms with Gasteiger partial charge in [0.2, 0.25) is 0 Å². The van der Waals surface area contributed by atoms with Crippen LogP contribution in [0, 0.1) is 0 Å². The zero-order valence-electron chi connectivity index (χ0n) is 9.48. The van der Waals surface area contributed by atoms with Crippen molar-refractivity contribution in [2.45, 2.75) is 26.2 Å². The number of aromatic nitrogens is 5. The maximum absolute atomic E-state index is 3.88. The average molecular weight is 269 g/mol. The van der Waals surface area contributed by atoms with E-state index in [1.807, 2.05) is 6.20 Å². The zero-order chi connectivity index (χ0) is 11.1. The van der Waals surface area contributed by atoms with Crippen molar-refractivity contribution in [2.75, 3.05) is 0 Å². The largest absolute Gasteiger partial charge is 0.265 e. The van der Waals surface area contributed by atoms with E-state index in [4.69, 9.17) is 0 Å². The number of nitrogens with one attached hydrogen (secondary N) is 1. The van der Waals surface area contributed by atoms with Crippen molar-refractivity contribution >= 4 is 0 Å². The van der Waals surface area contributed by atoms with Gasteiger partial charge in [0.05, 0.1) is 5.69 Å². The molecule has 2 heterocycles. The summed E-state index contributed by atoms with van der Waals surface area (Å²) in [4.78, 5) is 7.35. The predicted molar refractivity (Wildman–Crippen MR) is 57.1 cm³/mol. The van der Waals surface area contributed by atoms with E-state index in [-0.39, 0.29) is 22.5 Å². The van der Waals surface area contributed by atoms with Crippen LogP contribution in [0.4, 0.5) is 0 Å². The molecule has 1 N–H and O–H groups in total. The second kappa shape index (κ2) is 7.09. The molecular weight excluding hydrogens is 254 g/mol. The smallest absolute Gasteiger partial charge is 0.115 e. The summed E-state index contributed by atoms with van der Waals surface area (Å²) in [6.45, 7) is 6.31. The van der Waals surface area contributed by atoms with Gasteiger partial charge in [-0.3, -0.25) is 5.10 Å². The van der Waals surface area contributed by atoms with Gasteiger partial charge in [-0.1, -0.05) is 26.0 Å². The molecule has 0 aromatic carbocycles. The predicted octanol–water partition coefficient (Wildman–Crippen LogP) is 1.58. The molecule has 0 aliphatic heterocycles. The van der Waals surface area contributed by atoms with Crippen LogP contribution >= 0.6 is 0 Å². The van der Waals surface area contributed by atoms with Crippen LogP contribution in [0.1, 0.15) is 26.5 Å². The molecule has 0 atom stereocenters. The van der Waals surface area contributed by atoms with Crippen molar-refractivity contribution in [2.24, 2.45) is 0 Å². The minimum absolute atomic E-state index is 0. The Labute approximate surface area is 106 Å². The summed E-state index contributed by atoms with van der Waals surface area (Å²) < 4.78 is 0. The number of rotatable bonds is 0. The molecule has 0 bridgehead atoms. The first kappa shape index (κ1) is 14.7. The van der Waals surface area contributed by atoms with Gasteiger partial charge >= 0.3 is 0 Å². The summed E-state index contributed by atoms with van der Waals surface area (Å²) in [7, 11) is 0. The summed E-state index contributed by atoms with van der Waals surface area (Å²) in [5.74, 6) is 0. The third kappa shape index (κ3) is 5.58. The molecule has 0 saturated heterocycles. The Balaban J connectivity index is 0.000000283. The summed E-state index contributed by atoms with van der Waals surface area (Å²) in [5.41, 5.74) is 1.12. The van der Waals surface area contributed by atoms with Crippen LogP contribution in [0.5, 0.6) is 0 Å². The molecule has 6 heteroatoms. The SMILES string of the molecule is CC(C)(C)c1c[nH]nn1.[Cu].c1cncnc1. The van der Waals surface area contributed by atoms with Gasteiger partial charge in [-0.15, -0.1) is 5.10 Å². The molecule has 0 spiro atoms. The monoisotopic (exact) mass is 268 g/mol. The van der Waals surface area contributed by atoms with E-state index < -0.39 is 0 Å². The fourth-order valence-electron chi connectivity index (χ4n) is 0.821. The minimum Gasteiger partial charge on any atom is -0.265 e. The van der Waals surface area contributed by atoms with Crippen molar-refractivity contribution in [3.63, 3.8) is 0 Å². The fraction of sp³-hybridized carbons (Fsp3) is 0.400.